The standard InChI is InChI=1S/C14H13F3I3N3O5S/c1-5(24)22(3)11-8(18)7(13(26)21-29(27,28)14(15,16)17)9(19)12(10(11)20)23(4)6(2)25/h1-4H3,(H,21,26)/p-1. The molecule has 0 aliphatic heterocycles. The molecule has 0 aromatic heterocycles. The van der Waals surface area contributed by atoms with Crippen molar-refractivity contribution in [3.63, 3.8) is 0 Å². The maximum Gasteiger partial charge on any atom is 0.518 e. The van der Waals surface area contributed by atoms with Gasteiger partial charge in [-0.2, -0.15) is 26.0 Å². The average Bonchev–Trinajstić information content (AvgIpc) is 2.52. The molecule has 2 amide bonds. The van der Waals surface area contributed by atoms with Gasteiger partial charge in [-0.15, -0.1) is 0 Å². The molecule has 0 radical (unpaired) electrons. The predicted octanol–water partition coefficient (Wildman–Crippen LogP) is 2.42. The Balaban J connectivity index is 4.07. The van der Waals surface area contributed by atoms with Gasteiger partial charge in [-0.1, -0.05) is 0 Å². The number of sulfonamides is 1. The largest absolute Gasteiger partial charge is 0.858 e. The summed E-state index contributed by atoms with van der Waals surface area (Å²) < 4.78 is 63.4. The highest BCUT2D eigenvalue weighted by atomic mass is 127. The van der Waals surface area contributed by atoms with Gasteiger partial charge in [0.15, 0.2) is 0 Å². The molecule has 0 bridgehead atoms. The maximum atomic E-state index is 12.7. The van der Waals surface area contributed by atoms with Crippen molar-refractivity contribution in [1.29, 1.82) is 0 Å². The molecule has 8 nitrogen and oxygen atoms in total. The lowest BCUT2D eigenvalue weighted by molar-refractivity contribution is -0.212. The van der Waals surface area contributed by atoms with Crippen LogP contribution < -0.4 is 14.9 Å². The van der Waals surface area contributed by atoms with Crippen LogP contribution in [0.1, 0.15) is 19.4 Å². The summed E-state index contributed by atoms with van der Waals surface area (Å²) in [5.41, 5.74) is -5.96. The zero-order valence-corrected chi connectivity index (χ0v) is 22.3. The summed E-state index contributed by atoms with van der Waals surface area (Å²) in [6.07, 6.45) is 0. The lowest BCUT2D eigenvalue weighted by Gasteiger charge is -2.29. The lowest BCUT2D eigenvalue weighted by atomic mass is 10.1. The van der Waals surface area contributed by atoms with E-state index in [2.05, 4.69) is 4.40 Å². The van der Waals surface area contributed by atoms with Crippen molar-refractivity contribution >= 4 is 107 Å². The molecule has 0 aliphatic rings. The van der Waals surface area contributed by atoms with E-state index in [0.717, 1.165) is 9.80 Å². The first-order valence-electron chi connectivity index (χ1n) is 7.23. The van der Waals surface area contributed by atoms with E-state index in [9.17, 15) is 36.3 Å². The monoisotopic (exact) mass is 772 g/mol. The van der Waals surface area contributed by atoms with Crippen LogP contribution in [0.25, 0.3) is 0 Å². The van der Waals surface area contributed by atoms with Crippen LogP contribution in [0.5, 0.6) is 0 Å². The molecule has 1 rings (SSSR count). The van der Waals surface area contributed by atoms with Crippen LogP contribution in [-0.4, -0.2) is 45.7 Å². The molecular weight excluding hydrogens is 760 g/mol. The van der Waals surface area contributed by atoms with Gasteiger partial charge >= 0.3 is 15.5 Å². The molecule has 0 spiro atoms. The molecule has 0 heterocycles. The van der Waals surface area contributed by atoms with E-state index in [-0.39, 0.29) is 18.5 Å². The van der Waals surface area contributed by atoms with Gasteiger partial charge in [0.25, 0.3) is 0 Å². The fourth-order valence-electron chi connectivity index (χ4n) is 1.94. The van der Waals surface area contributed by atoms with E-state index in [1.165, 1.54) is 27.9 Å². The van der Waals surface area contributed by atoms with Crippen molar-refractivity contribution in [2.24, 2.45) is 4.40 Å². The van der Waals surface area contributed by atoms with Gasteiger partial charge in [-0.25, -0.2) is 0 Å². The highest BCUT2D eigenvalue weighted by Gasteiger charge is 2.46. The van der Waals surface area contributed by atoms with Crippen molar-refractivity contribution in [3.8, 4) is 0 Å². The molecule has 0 fully saturated rings. The summed E-state index contributed by atoms with van der Waals surface area (Å²) in [4.78, 5) is 26.0. The van der Waals surface area contributed by atoms with Crippen LogP contribution in [-0.2, 0) is 19.6 Å². The first-order chi connectivity index (χ1) is 13.0. The molecule has 162 valence electrons. The minimum atomic E-state index is -6.08. The third kappa shape index (κ3) is 5.43. The van der Waals surface area contributed by atoms with Gasteiger partial charge < -0.3 is 14.9 Å². The van der Waals surface area contributed by atoms with Crippen LogP contribution in [0.4, 0.5) is 24.5 Å². The van der Waals surface area contributed by atoms with E-state index in [4.69, 9.17) is 0 Å². The number of anilines is 2. The Morgan fingerprint density at radius 3 is 1.55 bits per heavy atom. The molecule has 0 unspecified atom stereocenters. The summed E-state index contributed by atoms with van der Waals surface area (Å²) >= 11 is 5.08. The molecule has 29 heavy (non-hydrogen) atoms. The second-order valence-corrected chi connectivity index (χ2v) is 10.3. The maximum absolute atomic E-state index is 12.7. The number of benzene rings is 1. The third-order valence-corrected chi connectivity index (χ3v) is 7.71. The van der Waals surface area contributed by atoms with Crippen molar-refractivity contribution in [1.82, 2.24) is 0 Å². The summed E-state index contributed by atoms with van der Waals surface area (Å²) in [6.45, 7) is 2.44. The van der Waals surface area contributed by atoms with Crippen molar-refractivity contribution in [3.05, 3.63) is 16.3 Å². The number of hydrogen-bond donors (Lipinski definition) is 0. The molecule has 1 aromatic carbocycles. The van der Waals surface area contributed by atoms with Crippen molar-refractivity contribution in [2.75, 3.05) is 23.9 Å². The highest BCUT2D eigenvalue weighted by molar-refractivity contribution is 14.1. The molecule has 0 atom stereocenters. The summed E-state index contributed by atoms with van der Waals surface area (Å²) in [5, 5.41) is 12.5. The quantitative estimate of drug-likeness (QED) is 0.266. The van der Waals surface area contributed by atoms with Gasteiger partial charge in [-0.3, -0.25) is 9.59 Å². The number of halogens is 6. The number of rotatable bonds is 4. The Kier molecular flexibility index (Phi) is 8.59. The van der Waals surface area contributed by atoms with E-state index in [1.54, 1.807) is 45.2 Å². The van der Waals surface area contributed by atoms with E-state index < -0.39 is 38.8 Å². The second kappa shape index (κ2) is 9.37. The fraction of sp³-hybridized carbons (Fsp3) is 0.357. The number of nitrogens with zero attached hydrogens (tertiary/aromatic N) is 3. The number of amides is 2. The Bertz CT molecular complexity index is 965. The highest BCUT2D eigenvalue weighted by Crippen LogP contribution is 2.42. The van der Waals surface area contributed by atoms with E-state index in [0.29, 0.717) is 3.57 Å². The van der Waals surface area contributed by atoms with E-state index in [1.807, 2.05) is 22.6 Å². The van der Waals surface area contributed by atoms with Crippen molar-refractivity contribution in [2.45, 2.75) is 19.4 Å². The van der Waals surface area contributed by atoms with Crippen LogP contribution in [0.3, 0.4) is 0 Å². The van der Waals surface area contributed by atoms with Gasteiger partial charge in [0, 0.05) is 46.5 Å². The second-order valence-electron chi connectivity index (χ2n) is 5.49. The number of hydrogen-bond acceptors (Lipinski definition) is 5. The topological polar surface area (TPSA) is 110 Å². The Hall–Kier alpha value is -0.440. The van der Waals surface area contributed by atoms with Gasteiger partial charge in [-0.05, 0) is 67.8 Å². The summed E-state index contributed by atoms with van der Waals surface area (Å²) in [5.74, 6) is -2.59. The Morgan fingerprint density at radius 1 is 0.931 bits per heavy atom. The number of carbonyl (C=O) groups is 2. The van der Waals surface area contributed by atoms with Crippen LogP contribution >= 0.6 is 67.8 Å². The van der Waals surface area contributed by atoms with Crippen LogP contribution in [0.2, 0.25) is 0 Å². The predicted molar refractivity (Wildman–Crippen MR) is 124 cm³/mol. The molecule has 1 aromatic rings. The van der Waals surface area contributed by atoms with Crippen LogP contribution in [0, 0.1) is 10.7 Å². The Morgan fingerprint density at radius 2 is 1.28 bits per heavy atom. The third-order valence-electron chi connectivity index (χ3n) is 3.60. The summed E-state index contributed by atoms with van der Waals surface area (Å²) in [6, 6.07) is 0. The first kappa shape index (κ1) is 26.6. The SMILES string of the molecule is CC(=O)N(C)c1c(I)c(/C([O-])=N/S(=O)(=O)C(F)(F)F)c(I)c(N(C)C(C)=O)c1I. The van der Waals surface area contributed by atoms with Crippen molar-refractivity contribution < 1.29 is 36.3 Å². The lowest BCUT2D eigenvalue weighted by Crippen LogP contribution is -2.33. The molecular formula is C14H12F3I3N3O5S-. The number of alkyl halides is 3. The van der Waals surface area contributed by atoms with E-state index >= 15 is 0 Å². The Labute approximate surface area is 205 Å². The van der Waals surface area contributed by atoms with Gasteiger partial charge in [0.05, 0.1) is 14.9 Å². The number of carbonyl (C=O) groups excluding carboxylic acids is 2. The smallest absolute Gasteiger partial charge is 0.518 e. The fourth-order valence-corrected chi connectivity index (χ4v) is 7.42. The summed E-state index contributed by atoms with van der Waals surface area (Å²) in [7, 11) is -3.35. The van der Waals surface area contributed by atoms with Gasteiger partial charge in [0.2, 0.25) is 11.8 Å². The molecule has 0 aliphatic carbocycles. The molecule has 0 saturated heterocycles. The minimum Gasteiger partial charge on any atom is -0.858 e. The molecule has 0 N–H and O–H groups in total. The average molecular weight is 772 g/mol. The van der Waals surface area contributed by atoms with Gasteiger partial charge in [0.1, 0.15) is 0 Å². The zero-order chi connectivity index (χ0) is 23.1. The zero-order valence-electron chi connectivity index (χ0n) is 15.1. The first-order valence-corrected chi connectivity index (χ1v) is 11.9. The molecule has 0 saturated carbocycles. The normalized spacial score (nSPS) is 12.7. The van der Waals surface area contributed by atoms with Crippen LogP contribution in [0.15, 0.2) is 4.40 Å². The molecule has 15 heteroatoms. The minimum absolute atomic E-state index is 0.0147.